The minimum Gasteiger partial charge on any atom is -0.496 e. The lowest BCUT2D eigenvalue weighted by molar-refractivity contribution is 0.407. The highest BCUT2D eigenvalue weighted by Gasteiger charge is 2.04. The van der Waals surface area contributed by atoms with Crippen LogP contribution in [-0.4, -0.2) is 7.11 Å². The van der Waals surface area contributed by atoms with Gasteiger partial charge in [0, 0.05) is 23.7 Å². The van der Waals surface area contributed by atoms with Crippen LogP contribution in [0.4, 0.5) is 0 Å². The molecule has 0 aromatic heterocycles. The van der Waals surface area contributed by atoms with E-state index in [1.807, 2.05) is 18.2 Å². The van der Waals surface area contributed by atoms with Crippen molar-refractivity contribution in [2.45, 2.75) is 32.9 Å². The Kier molecular flexibility index (Phi) is 5.66. The Balaban J connectivity index is 1.93. The number of hydrogen-bond donors (Lipinski definition) is 1. The van der Waals surface area contributed by atoms with Gasteiger partial charge < -0.3 is 10.1 Å². The number of benzene rings is 2. The van der Waals surface area contributed by atoms with E-state index in [1.165, 1.54) is 11.1 Å². The third-order valence-corrected chi connectivity index (χ3v) is 3.77. The second kappa shape index (κ2) is 7.48. The van der Waals surface area contributed by atoms with Gasteiger partial charge in [0.25, 0.3) is 0 Å². The van der Waals surface area contributed by atoms with Crippen molar-refractivity contribution in [3.8, 4) is 5.75 Å². The van der Waals surface area contributed by atoms with E-state index in [-0.39, 0.29) is 0 Å². The van der Waals surface area contributed by atoms with Gasteiger partial charge in [-0.05, 0) is 35.2 Å². The van der Waals surface area contributed by atoms with Crippen molar-refractivity contribution in [2.24, 2.45) is 0 Å². The van der Waals surface area contributed by atoms with Gasteiger partial charge in [-0.25, -0.2) is 0 Å². The first kappa shape index (κ1) is 15.9. The second-order valence-corrected chi connectivity index (χ2v) is 5.89. The Morgan fingerprint density at radius 2 is 1.76 bits per heavy atom. The summed E-state index contributed by atoms with van der Waals surface area (Å²) < 4.78 is 5.35. The van der Waals surface area contributed by atoms with Crippen molar-refractivity contribution >= 4 is 11.6 Å². The third kappa shape index (κ3) is 4.48. The Morgan fingerprint density at radius 3 is 2.38 bits per heavy atom. The predicted molar refractivity (Wildman–Crippen MR) is 89.1 cm³/mol. The molecule has 2 aromatic rings. The van der Waals surface area contributed by atoms with Crippen molar-refractivity contribution in [1.29, 1.82) is 0 Å². The standard InChI is InChI=1S/C18H22ClNO/c1-13(2)15-6-4-14(5-7-15)11-20-12-16-10-17(19)8-9-18(16)21-3/h4-10,13,20H,11-12H2,1-3H3. The zero-order valence-corrected chi connectivity index (χ0v) is 13.6. The fraction of sp³-hybridized carbons (Fsp3) is 0.333. The van der Waals surface area contributed by atoms with Crippen LogP contribution in [0.25, 0.3) is 0 Å². The van der Waals surface area contributed by atoms with Crippen LogP contribution in [0.1, 0.15) is 36.5 Å². The smallest absolute Gasteiger partial charge is 0.123 e. The summed E-state index contributed by atoms with van der Waals surface area (Å²) in [5.74, 6) is 1.43. The quantitative estimate of drug-likeness (QED) is 0.830. The summed E-state index contributed by atoms with van der Waals surface area (Å²) >= 11 is 6.03. The molecule has 1 N–H and O–H groups in total. The van der Waals surface area contributed by atoms with Crippen molar-refractivity contribution in [2.75, 3.05) is 7.11 Å². The molecule has 0 aliphatic rings. The van der Waals surface area contributed by atoms with Gasteiger partial charge >= 0.3 is 0 Å². The molecule has 0 aliphatic carbocycles. The van der Waals surface area contributed by atoms with E-state index in [0.717, 1.165) is 29.4 Å². The molecule has 0 unspecified atom stereocenters. The van der Waals surface area contributed by atoms with Gasteiger partial charge in [-0.2, -0.15) is 0 Å². The summed E-state index contributed by atoms with van der Waals surface area (Å²) in [4.78, 5) is 0. The van der Waals surface area contributed by atoms with Crippen molar-refractivity contribution in [1.82, 2.24) is 5.32 Å². The highest BCUT2D eigenvalue weighted by Crippen LogP contribution is 2.22. The van der Waals surface area contributed by atoms with E-state index in [1.54, 1.807) is 7.11 Å². The van der Waals surface area contributed by atoms with E-state index in [4.69, 9.17) is 16.3 Å². The molecule has 2 aromatic carbocycles. The first-order valence-electron chi connectivity index (χ1n) is 7.22. The number of methoxy groups -OCH3 is 1. The molecule has 0 aliphatic heterocycles. The van der Waals surface area contributed by atoms with E-state index in [2.05, 4.69) is 43.4 Å². The number of hydrogen-bond acceptors (Lipinski definition) is 2. The van der Waals surface area contributed by atoms with E-state index in [9.17, 15) is 0 Å². The minimum absolute atomic E-state index is 0.572. The summed E-state index contributed by atoms with van der Waals surface area (Å²) in [6.07, 6.45) is 0. The van der Waals surface area contributed by atoms with E-state index < -0.39 is 0 Å². The van der Waals surface area contributed by atoms with Gasteiger partial charge in [-0.3, -0.25) is 0 Å². The molecule has 21 heavy (non-hydrogen) atoms. The predicted octanol–water partition coefficient (Wildman–Crippen LogP) is 4.76. The summed E-state index contributed by atoms with van der Waals surface area (Å²) in [5, 5.41) is 4.16. The van der Waals surface area contributed by atoms with E-state index >= 15 is 0 Å². The monoisotopic (exact) mass is 303 g/mol. The molecular formula is C18H22ClNO. The van der Waals surface area contributed by atoms with Crippen LogP contribution >= 0.6 is 11.6 Å². The summed E-state index contributed by atoms with van der Waals surface area (Å²) in [7, 11) is 1.68. The molecule has 0 bridgehead atoms. The van der Waals surface area contributed by atoms with Crippen LogP contribution < -0.4 is 10.1 Å². The van der Waals surface area contributed by atoms with Gasteiger partial charge in [-0.15, -0.1) is 0 Å². The fourth-order valence-electron chi connectivity index (χ4n) is 2.25. The van der Waals surface area contributed by atoms with Crippen LogP contribution in [-0.2, 0) is 13.1 Å². The second-order valence-electron chi connectivity index (χ2n) is 5.46. The molecule has 0 heterocycles. The molecule has 0 fully saturated rings. The van der Waals surface area contributed by atoms with Gasteiger partial charge in [0.05, 0.1) is 7.11 Å². The Labute approximate surface area is 132 Å². The Bertz CT molecular complexity index is 578. The van der Waals surface area contributed by atoms with Gasteiger partial charge in [0.2, 0.25) is 0 Å². The molecule has 0 saturated carbocycles. The number of nitrogens with one attached hydrogen (secondary N) is 1. The Morgan fingerprint density at radius 1 is 1.05 bits per heavy atom. The average Bonchev–Trinajstić information content (AvgIpc) is 2.48. The maximum Gasteiger partial charge on any atom is 0.123 e. The molecule has 112 valence electrons. The minimum atomic E-state index is 0.572. The largest absolute Gasteiger partial charge is 0.496 e. The third-order valence-electron chi connectivity index (χ3n) is 3.53. The lowest BCUT2D eigenvalue weighted by Gasteiger charge is -2.11. The van der Waals surface area contributed by atoms with Crippen molar-refractivity contribution in [3.05, 3.63) is 64.2 Å². The lowest BCUT2D eigenvalue weighted by Crippen LogP contribution is -2.13. The topological polar surface area (TPSA) is 21.3 Å². The molecule has 2 rings (SSSR count). The SMILES string of the molecule is COc1ccc(Cl)cc1CNCc1ccc(C(C)C)cc1. The van der Waals surface area contributed by atoms with Crippen LogP contribution in [0.5, 0.6) is 5.75 Å². The van der Waals surface area contributed by atoms with Gasteiger partial charge in [-0.1, -0.05) is 49.7 Å². The van der Waals surface area contributed by atoms with Gasteiger partial charge in [0.15, 0.2) is 0 Å². The number of ether oxygens (including phenoxy) is 1. The first-order valence-corrected chi connectivity index (χ1v) is 7.60. The molecule has 3 heteroatoms. The lowest BCUT2D eigenvalue weighted by atomic mass is 10.0. The number of halogens is 1. The maximum absolute atomic E-state index is 6.03. The highest BCUT2D eigenvalue weighted by atomic mass is 35.5. The Hall–Kier alpha value is -1.51. The zero-order valence-electron chi connectivity index (χ0n) is 12.8. The van der Waals surface area contributed by atoms with Crippen molar-refractivity contribution < 1.29 is 4.74 Å². The van der Waals surface area contributed by atoms with E-state index in [0.29, 0.717) is 5.92 Å². The molecule has 0 spiro atoms. The van der Waals surface area contributed by atoms with Crippen molar-refractivity contribution in [3.63, 3.8) is 0 Å². The van der Waals surface area contributed by atoms with Crippen LogP contribution in [0, 0.1) is 0 Å². The van der Waals surface area contributed by atoms with Crippen LogP contribution in [0.3, 0.4) is 0 Å². The normalized spacial score (nSPS) is 10.9. The molecule has 2 nitrogen and oxygen atoms in total. The zero-order chi connectivity index (χ0) is 15.2. The number of rotatable bonds is 6. The summed E-state index contributed by atoms with van der Waals surface area (Å²) in [5.41, 5.74) is 3.72. The van der Waals surface area contributed by atoms with Crippen LogP contribution in [0.15, 0.2) is 42.5 Å². The average molecular weight is 304 g/mol. The van der Waals surface area contributed by atoms with Crippen LogP contribution in [0.2, 0.25) is 5.02 Å². The molecule has 0 atom stereocenters. The summed E-state index contributed by atoms with van der Waals surface area (Å²) in [6.45, 7) is 5.97. The molecular weight excluding hydrogens is 282 g/mol. The molecule has 0 amide bonds. The maximum atomic E-state index is 6.03. The summed E-state index contributed by atoms with van der Waals surface area (Å²) in [6, 6.07) is 14.4. The molecule has 0 saturated heterocycles. The molecule has 0 radical (unpaired) electrons. The first-order chi connectivity index (χ1) is 10.1. The fourth-order valence-corrected chi connectivity index (χ4v) is 2.44. The van der Waals surface area contributed by atoms with Gasteiger partial charge in [0.1, 0.15) is 5.75 Å². The highest BCUT2D eigenvalue weighted by molar-refractivity contribution is 6.30.